The molecule has 5 amide bonds. The van der Waals surface area contributed by atoms with E-state index in [9.17, 15) is 28.8 Å². The van der Waals surface area contributed by atoms with Crippen LogP contribution in [0.3, 0.4) is 0 Å². The number of nitrogens with zero attached hydrogens (tertiary/aromatic N) is 2. The van der Waals surface area contributed by atoms with Crippen LogP contribution in [0.4, 0.5) is 0 Å². The average Bonchev–Trinajstić information content (AvgIpc) is 3.13. The quantitative estimate of drug-likeness (QED) is 0.286. The van der Waals surface area contributed by atoms with Crippen molar-refractivity contribution in [2.45, 2.75) is 71.1 Å². The Hall–Kier alpha value is -5.46. The van der Waals surface area contributed by atoms with E-state index >= 15 is 0 Å². The van der Waals surface area contributed by atoms with E-state index in [4.69, 9.17) is 4.74 Å². The van der Waals surface area contributed by atoms with Crippen LogP contribution in [0, 0.1) is 5.92 Å². The molecule has 4 atom stereocenters. The number of hydrogen-bond acceptors (Lipinski definition) is 7. The van der Waals surface area contributed by atoms with Gasteiger partial charge < -0.3 is 35.5 Å². The van der Waals surface area contributed by atoms with Crippen LogP contribution in [0.5, 0.6) is 5.75 Å². The third-order valence-electron chi connectivity index (χ3n) is 9.13. The van der Waals surface area contributed by atoms with Gasteiger partial charge in [0.25, 0.3) is 11.8 Å². The fourth-order valence-corrected chi connectivity index (χ4v) is 5.70. The lowest BCUT2D eigenvalue weighted by Gasteiger charge is -2.27. The van der Waals surface area contributed by atoms with E-state index in [1.807, 2.05) is 13.8 Å². The Balaban J connectivity index is 1.62. The van der Waals surface area contributed by atoms with Gasteiger partial charge in [0.05, 0.1) is 12.7 Å². The van der Waals surface area contributed by atoms with Gasteiger partial charge in [-0.2, -0.15) is 0 Å². The Kier molecular flexibility index (Phi) is 13.5. The van der Waals surface area contributed by atoms with Crippen LogP contribution in [-0.4, -0.2) is 77.3 Å². The van der Waals surface area contributed by atoms with Crippen molar-refractivity contribution in [3.63, 3.8) is 0 Å². The van der Waals surface area contributed by atoms with Gasteiger partial charge in [-0.25, -0.2) is 0 Å². The first-order valence-electron chi connectivity index (χ1n) is 17.3. The highest BCUT2D eigenvalue weighted by atomic mass is 16.5. The van der Waals surface area contributed by atoms with Crippen molar-refractivity contribution in [2.75, 3.05) is 20.2 Å². The normalized spacial score (nSPS) is 20.3. The lowest BCUT2D eigenvalue weighted by molar-refractivity contribution is -0.132. The van der Waals surface area contributed by atoms with Crippen LogP contribution in [0.1, 0.15) is 71.9 Å². The van der Waals surface area contributed by atoms with Crippen LogP contribution < -0.4 is 31.6 Å². The molecule has 272 valence electrons. The summed E-state index contributed by atoms with van der Waals surface area (Å²) in [6.45, 7) is 6.23. The maximum absolute atomic E-state index is 13.8. The molecule has 4 N–H and O–H groups in total. The molecule has 0 fully saturated rings. The van der Waals surface area contributed by atoms with Crippen molar-refractivity contribution in [1.82, 2.24) is 30.7 Å². The monoisotopic (exact) mass is 700 g/mol. The molecule has 0 saturated carbocycles. The summed E-state index contributed by atoms with van der Waals surface area (Å²) in [6.07, 6.45) is 3.32. The zero-order valence-corrected chi connectivity index (χ0v) is 29.9. The van der Waals surface area contributed by atoms with Crippen molar-refractivity contribution in [3.8, 4) is 5.75 Å². The summed E-state index contributed by atoms with van der Waals surface area (Å²) >= 11 is 0. The number of methoxy groups -OCH3 is 1. The topological polar surface area (TPSA) is 168 Å². The number of carbonyl (C=O) groups excluding carboxylic acids is 5. The number of pyridine rings is 1. The summed E-state index contributed by atoms with van der Waals surface area (Å²) in [6, 6.07) is 13.8. The standard InChI is InChI=1S/C38H48N6O7/c1-6-24(2)33-37(49)41-31(21-26-11-16-30(51-5)17-12-26)36(48)40-25(3)34(46)39-19-7-8-20-44(38(50)29-15-18-32(45)43(4)23-29)22-27-9-13-28(14-10-27)35(47)42-33/h9-18,23-25,31,33H,6-8,19-22H2,1-5H3,(H,39,46)(H,40,48)(H,41,49)(H,42,47)/t24-,25+,31-,33?/m0/s1. The smallest absolute Gasteiger partial charge is 0.255 e. The van der Waals surface area contributed by atoms with Gasteiger partial charge >= 0.3 is 0 Å². The molecular weight excluding hydrogens is 652 g/mol. The predicted molar refractivity (Wildman–Crippen MR) is 192 cm³/mol. The first kappa shape index (κ1) is 38.3. The molecule has 3 heterocycles. The molecule has 13 heteroatoms. The van der Waals surface area contributed by atoms with Crippen molar-refractivity contribution in [3.05, 3.63) is 99.5 Å². The first-order valence-corrected chi connectivity index (χ1v) is 17.3. The molecule has 5 rings (SSSR count). The van der Waals surface area contributed by atoms with Crippen molar-refractivity contribution >= 4 is 29.5 Å². The van der Waals surface area contributed by atoms with Gasteiger partial charge in [0, 0.05) is 50.9 Å². The highest BCUT2D eigenvalue weighted by molar-refractivity contribution is 5.99. The van der Waals surface area contributed by atoms with Gasteiger partial charge in [0.1, 0.15) is 23.9 Å². The van der Waals surface area contributed by atoms with Crippen LogP contribution >= 0.6 is 0 Å². The van der Waals surface area contributed by atoms with E-state index in [1.54, 1.807) is 74.5 Å². The summed E-state index contributed by atoms with van der Waals surface area (Å²) in [4.78, 5) is 81.1. The van der Waals surface area contributed by atoms with Gasteiger partial charge in [-0.1, -0.05) is 44.5 Å². The summed E-state index contributed by atoms with van der Waals surface area (Å²) < 4.78 is 6.59. The highest BCUT2D eigenvalue weighted by Gasteiger charge is 2.31. The number of rotatable bonds is 6. The zero-order chi connectivity index (χ0) is 37.1. The Morgan fingerprint density at radius 1 is 0.882 bits per heavy atom. The van der Waals surface area contributed by atoms with Crippen molar-refractivity contribution in [1.29, 1.82) is 0 Å². The summed E-state index contributed by atoms with van der Waals surface area (Å²) in [5.41, 5.74) is 1.99. The minimum Gasteiger partial charge on any atom is -0.497 e. The lowest BCUT2D eigenvalue weighted by atomic mass is 9.96. The second kappa shape index (κ2) is 18.0. The second-order valence-corrected chi connectivity index (χ2v) is 13.0. The second-order valence-electron chi connectivity index (χ2n) is 13.0. The van der Waals surface area contributed by atoms with Gasteiger partial charge in [0.15, 0.2) is 0 Å². The van der Waals surface area contributed by atoms with E-state index in [2.05, 4.69) is 21.3 Å². The molecular formula is C38H48N6O7. The number of benzene rings is 2. The first-order chi connectivity index (χ1) is 24.4. The highest BCUT2D eigenvalue weighted by Crippen LogP contribution is 2.16. The number of carbonyl (C=O) groups is 5. The summed E-state index contributed by atoms with van der Waals surface area (Å²) in [7, 11) is 3.13. The van der Waals surface area contributed by atoms with Crippen LogP contribution in [0.15, 0.2) is 71.7 Å². The SMILES string of the molecule is CC[C@H](C)C1NC(=O)c2ccc(cc2)CN(C(=O)c2ccc(=O)n(C)c2)CCCCNC(=O)[C@@H](C)NC(=O)[C@H](Cc2ccc(OC)cc2)NC1=O. The Bertz CT molecular complexity index is 1760. The zero-order valence-electron chi connectivity index (χ0n) is 29.9. The van der Waals surface area contributed by atoms with E-state index in [0.717, 1.165) is 11.1 Å². The van der Waals surface area contributed by atoms with E-state index in [-0.39, 0.29) is 30.3 Å². The van der Waals surface area contributed by atoms with Crippen LogP contribution in [0.2, 0.25) is 0 Å². The molecule has 13 nitrogen and oxygen atoms in total. The Morgan fingerprint density at radius 2 is 1.59 bits per heavy atom. The minimum atomic E-state index is -1.05. The Labute approximate surface area is 298 Å². The van der Waals surface area contributed by atoms with E-state index < -0.39 is 41.8 Å². The number of ether oxygens (including phenoxy) is 1. The molecule has 2 aliphatic heterocycles. The van der Waals surface area contributed by atoms with Gasteiger partial charge in [-0.3, -0.25) is 28.8 Å². The minimum absolute atomic E-state index is 0.132. The molecule has 51 heavy (non-hydrogen) atoms. The fourth-order valence-electron chi connectivity index (χ4n) is 5.70. The van der Waals surface area contributed by atoms with Crippen LogP contribution in [-0.2, 0) is 34.4 Å². The third-order valence-corrected chi connectivity index (χ3v) is 9.13. The summed E-state index contributed by atoms with van der Waals surface area (Å²) in [5.74, 6) is -1.85. The van der Waals surface area contributed by atoms with Crippen molar-refractivity contribution in [2.24, 2.45) is 13.0 Å². The largest absolute Gasteiger partial charge is 0.497 e. The molecule has 2 aromatic carbocycles. The Morgan fingerprint density at radius 3 is 2.24 bits per heavy atom. The number of amides is 5. The predicted octanol–water partition coefficient (Wildman–Crippen LogP) is 2.32. The average molecular weight is 701 g/mol. The number of aromatic nitrogens is 1. The number of aryl methyl sites for hydroxylation is 1. The van der Waals surface area contributed by atoms with Gasteiger partial charge in [-0.15, -0.1) is 0 Å². The van der Waals surface area contributed by atoms with Gasteiger partial charge in [0.2, 0.25) is 23.3 Å². The fraction of sp³-hybridized carbons (Fsp3) is 0.421. The van der Waals surface area contributed by atoms with E-state index in [0.29, 0.717) is 49.2 Å². The van der Waals surface area contributed by atoms with Gasteiger partial charge in [-0.05, 0) is 67.1 Å². The molecule has 3 aromatic rings. The molecule has 1 aromatic heterocycles. The molecule has 1 unspecified atom stereocenters. The molecule has 2 aliphatic rings. The molecule has 0 radical (unpaired) electrons. The number of hydrogen-bond donors (Lipinski definition) is 4. The number of fused-ring (bicyclic) bond motifs is 18. The third kappa shape index (κ3) is 10.5. The summed E-state index contributed by atoms with van der Waals surface area (Å²) in [5, 5.41) is 11.3. The molecule has 0 aliphatic carbocycles. The maximum Gasteiger partial charge on any atom is 0.255 e. The molecule has 0 spiro atoms. The van der Waals surface area contributed by atoms with Crippen LogP contribution in [0.25, 0.3) is 0 Å². The molecule has 2 bridgehead atoms. The lowest BCUT2D eigenvalue weighted by Crippen LogP contribution is -2.58. The maximum atomic E-state index is 13.8. The van der Waals surface area contributed by atoms with E-state index in [1.165, 1.54) is 22.9 Å². The molecule has 0 saturated heterocycles. The number of nitrogens with one attached hydrogen (secondary N) is 4. The van der Waals surface area contributed by atoms with Crippen molar-refractivity contribution < 1.29 is 28.7 Å².